The fraction of sp³-hybridized carbons (Fsp3) is 0.136. The number of aromatic nitrogens is 2. The molecule has 0 bridgehead atoms. The average molecular weight is 439 g/mol. The van der Waals surface area contributed by atoms with E-state index >= 15 is 0 Å². The minimum Gasteiger partial charge on any atom is -0.497 e. The molecule has 1 amide bonds. The van der Waals surface area contributed by atoms with Crippen molar-refractivity contribution in [1.29, 1.82) is 0 Å². The molecule has 9 heteroatoms. The summed E-state index contributed by atoms with van der Waals surface area (Å²) < 4.78 is 32.7. The number of rotatable bonds is 7. The smallest absolute Gasteiger partial charge is 0.264 e. The molecule has 2 aromatic carbocycles. The van der Waals surface area contributed by atoms with Crippen LogP contribution in [0.4, 0.5) is 11.6 Å². The third-order valence-electron chi connectivity index (χ3n) is 4.16. The van der Waals surface area contributed by atoms with Crippen LogP contribution >= 0.6 is 0 Å². The van der Waals surface area contributed by atoms with Gasteiger partial charge in [-0.1, -0.05) is 12.1 Å². The van der Waals surface area contributed by atoms with E-state index in [9.17, 15) is 13.2 Å². The Morgan fingerprint density at radius 1 is 1.00 bits per heavy atom. The Hall–Kier alpha value is -3.72. The van der Waals surface area contributed by atoms with Crippen LogP contribution in [0.2, 0.25) is 0 Å². The molecule has 0 saturated heterocycles. The van der Waals surface area contributed by atoms with Crippen LogP contribution in [0.5, 0.6) is 5.75 Å². The van der Waals surface area contributed by atoms with Crippen LogP contribution in [0.3, 0.4) is 0 Å². The third-order valence-corrected chi connectivity index (χ3v) is 5.51. The highest BCUT2D eigenvalue weighted by atomic mass is 32.2. The number of sulfonamides is 1. The number of carbonyl (C=O) groups excluding carboxylic acids is 1. The van der Waals surface area contributed by atoms with Gasteiger partial charge in [-0.05, 0) is 68.0 Å². The van der Waals surface area contributed by atoms with E-state index in [0.717, 1.165) is 5.56 Å². The molecule has 0 aliphatic heterocycles. The van der Waals surface area contributed by atoms with E-state index < -0.39 is 10.0 Å². The maximum absolute atomic E-state index is 12.6. The largest absolute Gasteiger partial charge is 0.497 e. The molecule has 1 heterocycles. The van der Waals surface area contributed by atoms with Crippen molar-refractivity contribution in [1.82, 2.24) is 9.97 Å². The number of hydrogen-bond acceptors (Lipinski definition) is 6. The Morgan fingerprint density at radius 3 is 2.32 bits per heavy atom. The van der Waals surface area contributed by atoms with Gasteiger partial charge >= 0.3 is 0 Å². The molecule has 2 N–H and O–H groups in total. The highest BCUT2D eigenvalue weighted by Crippen LogP contribution is 2.18. The number of benzene rings is 2. The number of aryl methyl sites for hydroxylation is 2. The standard InChI is InChI=1S/C22H22N4O4S/c1-15-13-16(2)24-22(23-15)26-31(28,29)20-10-8-18(9-11-20)25-21(27)12-7-17-5-4-6-19(14-17)30-3/h4-14H,1-3H3,(H,25,27)(H,23,24,26)/b12-7+. The molecule has 1 aromatic heterocycles. The van der Waals surface area contributed by atoms with E-state index in [0.29, 0.717) is 22.8 Å². The summed E-state index contributed by atoms with van der Waals surface area (Å²) >= 11 is 0. The van der Waals surface area contributed by atoms with Crippen LogP contribution in [-0.4, -0.2) is 31.4 Å². The summed E-state index contributed by atoms with van der Waals surface area (Å²) in [7, 11) is -2.29. The molecule has 31 heavy (non-hydrogen) atoms. The molecule has 0 unspecified atom stereocenters. The van der Waals surface area contributed by atoms with E-state index in [4.69, 9.17) is 4.74 Å². The molecule has 0 aliphatic rings. The van der Waals surface area contributed by atoms with E-state index in [1.165, 1.54) is 30.3 Å². The maximum atomic E-state index is 12.6. The van der Waals surface area contributed by atoms with Crippen molar-refractivity contribution >= 4 is 33.6 Å². The van der Waals surface area contributed by atoms with Gasteiger partial charge in [0, 0.05) is 23.2 Å². The Balaban J connectivity index is 1.66. The van der Waals surface area contributed by atoms with Gasteiger partial charge in [0.25, 0.3) is 10.0 Å². The summed E-state index contributed by atoms with van der Waals surface area (Å²) in [5.41, 5.74) is 2.59. The SMILES string of the molecule is COc1cccc(/C=C/C(=O)Nc2ccc(S(=O)(=O)Nc3nc(C)cc(C)n3)cc2)c1. The van der Waals surface area contributed by atoms with Crippen LogP contribution in [0.15, 0.2) is 65.6 Å². The molecular formula is C22H22N4O4S. The molecule has 160 valence electrons. The van der Waals surface area contributed by atoms with Gasteiger partial charge in [-0.15, -0.1) is 0 Å². The summed E-state index contributed by atoms with van der Waals surface area (Å²) in [5.74, 6) is 0.358. The maximum Gasteiger partial charge on any atom is 0.264 e. The van der Waals surface area contributed by atoms with Crippen LogP contribution in [-0.2, 0) is 14.8 Å². The Labute approximate surface area is 181 Å². The fourth-order valence-electron chi connectivity index (χ4n) is 2.77. The monoisotopic (exact) mass is 438 g/mol. The van der Waals surface area contributed by atoms with Crippen molar-refractivity contribution in [3.8, 4) is 5.75 Å². The zero-order valence-electron chi connectivity index (χ0n) is 17.3. The van der Waals surface area contributed by atoms with Crippen molar-refractivity contribution in [2.24, 2.45) is 0 Å². The van der Waals surface area contributed by atoms with Crippen molar-refractivity contribution in [3.63, 3.8) is 0 Å². The molecular weight excluding hydrogens is 416 g/mol. The number of amides is 1. The summed E-state index contributed by atoms with van der Waals surface area (Å²) in [6.07, 6.45) is 3.04. The van der Waals surface area contributed by atoms with Gasteiger partial charge in [0.1, 0.15) is 5.75 Å². The molecule has 8 nitrogen and oxygen atoms in total. The van der Waals surface area contributed by atoms with Gasteiger partial charge in [-0.25, -0.2) is 23.1 Å². The summed E-state index contributed by atoms with van der Waals surface area (Å²) in [5, 5.41) is 2.69. The van der Waals surface area contributed by atoms with Crippen molar-refractivity contribution in [3.05, 3.63) is 77.6 Å². The van der Waals surface area contributed by atoms with Crippen LogP contribution in [0.25, 0.3) is 6.08 Å². The van der Waals surface area contributed by atoms with Crippen LogP contribution in [0.1, 0.15) is 17.0 Å². The second-order valence-electron chi connectivity index (χ2n) is 6.70. The molecule has 0 spiro atoms. The Bertz CT molecular complexity index is 1200. The molecule has 0 saturated carbocycles. The first kappa shape index (κ1) is 22.0. The number of anilines is 2. The number of methoxy groups -OCH3 is 1. The summed E-state index contributed by atoms with van der Waals surface area (Å²) in [4.78, 5) is 20.3. The van der Waals surface area contributed by atoms with E-state index in [2.05, 4.69) is 20.0 Å². The van der Waals surface area contributed by atoms with Gasteiger partial charge < -0.3 is 10.1 Å². The molecule has 0 atom stereocenters. The molecule has 0 aliphatic carbocycles. The van der Waals surface area contributed by atoms with Gasteiger partial charge in [0.05, 0.1) is 12.0 Å². The zero-order valence-corrected chi connectivity index (χ0v) is 18.1. The van der Waals surface area contributed by atoms with Crippen molar-refractivity contribution < 1.29 is 17.9 Å². The first-order chi connectivity index (χ1) is 14.7. The van der Waals surface area contributed by atoms with Gasteiger partial charge in [0.2, 0.25) is 11.9 Å². The third kappa shape index (κ3) is 6.13. The van der Waals surface area contributed by atoms with E-state index in [1.54, 1.807) is 39.2 Å². The first-order valence-electron chi connectivity index (χ1n) is 9.33. The average Bonchev–Trinajstić information content (AvgIpc) is 2.72. The number of nitrogens with one attached hydrogen (secondary N) is 2. The van der Waals surface area contributed by atoms with Crippen LogP contribution in [0, 0.1) is 13.8 Å². The van der Waals surface area contributed by atoms with E-state index in [1.807, 2.05) is 18.2 Å². The lowest BCUT2D eigenvalue weighted by Gasteiger charge is -2.09. The lowest BCUT2D eigenvalue weighted by Crippen LogP contribution is -2.16. The number of nitrogens with zero attached hydrogens (tertiary/aromatic N) is 2. The minimum atomic E-state index is -3.86. The summed E-state index contributed by atoms with van der Waals surface area (Å²) in [6.45, 7) is 3.51. The fourth-order valence-corrected chi connectivity index (χ4v) is 3.71. The zero-order chi connectivity index (χ0) is 22.4. The lowest BCUT2D eigenvalue weighted by atomic mass is 10.2. The second kappa shape index (κ2) is 9.40. The molecule has 3 aromatic rings. The van der Waals surface area contributed by atoms with Crippen molar-refractivity contribution in [2.45, 2.75) is 18.7 Å². The van der Waals surface area contributed by atoms with Crippen LogP contribution < -0.4 is 14.8 Å². The predicted molar refractivity (Wildman–Crippen MR) is 119 cm³/mol. The number of carbonyl (C=O) groups is 1. The molecule has 0 radical (unpaired) electrons. The molecule has 3 rings (SSSR count). The first-order valence-corrected chi connectivity index (χ1v) is 10.8. The lowest BCUT2D eigenvalue weighted by molar-refractivity contribution is -0.111. The van der Waals surface area contributed by atoms with Gasteiger partial charge in [-0.2, -0.15) is 0 Å². The molecule has 0 fully saturated rings. The quantitative estimate of drug-likeness (QED) is 0.546. The topological polar surface area (TPSA) is 110 Å². The highest BCUT2D eigenvalue weighted by Gasteiger charge is 2.16. The van der Waals surface area contributed by atoms with Gasteiger partial charge in [0.15, 0.2) is 0 Å². The number of ether oxygens (including phenoxy) is 1. The number of hydrogen-bond donors (Lipinski definition) is 2. The van der Waals surface area contributed by atoms with Gasteiger partial charge in [-0.3, -0.25) is 4.79 Å². The van der Waals surface area contributed by atoms with E-state index in [-0.39, 0.29) is 16.8 Å². The summed E-state index contributed by atoms with van der Waals surface area (Å²) in [6, 6.07) is 14.8. The second-order valence-corrected chi connectivity index (χ2v) is 8.39. The minimum absolute atomic E-state index is 0.0116. The van der Waals surface area contributed by atoms with Crippen molar-refractivity contribution in [2.75, 3.05) is 17.1 Å². The normalized spacial score (nSPS) is 11.3. The highest BCUT2D eigenvalue weighted by molar-refractivity contribution is 7.92. The Kier molecular flexibility index (Phi) is 6.66. The predicted octanol–water partition coefficient (Wildman–Crippen LogP) is 3.55. The Morgan fingerprint density at radius 2 is 1.68 bits per heavy atom.